The molecule has 0 aromatic heterocycles. The molecule has 21 heavy (non-hydrogen) atoms. The minimum Gasteiger partial charge on any atom is -0.395 e. The number of nitrogens with zero attached hydrogens (tertiary/aromatic N) is 1. The zero-order valence-electron chi connectivity index (χ0n) is 12.6. The molecule has 126 valence electrons. The molecule has 0 radical (unpaired) electrons. The number of hydrogen-bond donors (Lipinski definition) is 4. The molecular formula is C15H30ClNO4. The number of hydrogen-bond acceptors (Lipinski definition) is 5. The summed E-state index contributed by atoms with van der Waals surface area (Å²) in [6, 6.07) is -0.459. The lowest BCUT2D eigenvalue weighted by molar-refractivity contribution is -0.145. The molecule has 0 aromatic carbocycles. The standard InChI is InChI=1S/C15H29NO4.ClH/c17-10-12-14(19)15(20)13(18)9-16(12)8-4-7-11-5-2-1-3-6-11;/h11-15,17-20H,1-10H2;1H. The third kappa shape index (κ3) is 5.05. The normalized spacial score (nSPS) is 35.4. The number of piperidine rings is 1. The first-order chi connectivity index (χ1) is 9.63. The fourth-order valence-corrected chi connectivity index (χ4v) is 3.69. The predicted octanol–water partition coefficient (Wildman–Crippen LogP) is 0.528. The predicted molar refractivity (Wildman–Crippen MR) is 83.5 cm³/mol. The first-order valence-electron chi connectivity index (χ1n) is 8.02. The molecule has 0 spiro atoms. The Kier molecular flexibility index (Phi) is 8.46. The minimum atomic E-state index is -1.15. The van der Waals surface area contributed by atoms with Crippen LogP contribution in [0.1, 0.15) is 44.9 Å². The van der Waals surface area contributed by atoms with E-state index in [9.17, 15) is 20.4 Å². The van der Waals surface area contributed by atoms with E-state index in [1.54, 1.807) is 0 Å². The molecule has 0 amide bonds. The van der Waals surface area contributed by atoms with E-state index in [-0.39, 0.29) is 19.0 Å². The molecule has 1 saturated carbocycles. The van der Waals surface area contributed by atoms with Crippen LogP contribution in [-0.4, -0.2) is 69.4 Å². The number of β-amino-alcohol motifs (C(OH)–C–C–N with tert-alkyl or cyclic N) is 1. The second-order valence-corrected chi connectivity index (χ2v) is 6.44. The van der Waals surface area contributed by atoms with Gasteiger partial charge in [0.1, 0.15) is 12.2 Å². The number of aliphatic hydroxyl groups is 4. The molecule has 5 nitrogen and oxygen atoms in total. The molecule has 2 rings (SSSR count). The number of halogens is 1. The smallest absolute Gasteiger partial charge is 0.109 e. The topological polar surface area (TPSA) is 84.2 Å². The number of rotatable bonds is 5. The van der Waals surface area contributed by atoms with Crippen LogP contribution in [0, 0.1) is 5.92 Å². The SMILES string of the molecule is Cl.OCC1C(O)C(O)C(O)CN1CCCC1CCCCC1. The zero-order valence-corrected chi connectivity index (χ0v) is 13.4. The van der Waals surface area contributed by atoms with Crippen molar-refractivity contribution in [3.05, 3.63) is 0 Å². The van der Waals surface area contributed by atoms with Crippen molar-refractivity contribution in [3.63, 3.8) is 0 Å². The average Bonchev–Trinajstić information content (AvgIpc) is 2.46. The van der Waals surface area contributed by atoms with Gasteiger partial charge in [-0.3, -0.25) is 4.90 Å². The van der Waals surface area contributed by atoms with Crippen molar-refractivity contribution in [1.82, 2.24) is 4.90 Å². The summed E-state index contributed by atoms with van der Waals surface area (Å²) in [5.74, 6) is 0.821. The summed E-state index contributed by atoms with van der Waals surface area (Å²) in [4.78, 5) is 1.92. The molecule has 0 bridgehead atoms. The molecule has 1 saturated heterocycles. The summed E-state index contributed by atoms with van der Waals surface area (Å²) in [5.41, 5.74) is 0. The lowest BCUT2D eigenvalue weighted by Crippen LogP contribution is -2.62. The molecule has 1 aliphatic carbocycles. The second-order valence-electron chi connectivity index (χ2n) is 6.44. The molecule has 0 aromatic rings. The van der Waals surface area contributed by atoms with E-state index in [1.165, 1.54) is 38.5 Å². The van der Waals surface area contributed by atoms with Gasteiger partial charge in [-0.25, -0.2) is 0 Å². The van der Waals surface area contributed by atoms with Crippen molar-refractivity contribution in [2.24, 2.45) is 5.92 Å². The first kappa shape index (κ1) is 19.1. The second kappa shape index (κ2) is 9.28. The number of aliphatic hydroxyl groups excluding tert-OH is 4. The highest BCUT2D eigenvalue weighted by Crippen LogP contribution is 2.28. The maximum Gasteiger partial charge on any atom is 0.109 e. The Balaban J connectivity index is 0.00000220. The Labute approximate surface area is 133 Å². The first-order valence-corrected chi connectivity index (χ1v) is 8.02. The van der Waals surface area contributed by atoms with Crippen molar-refractivity contribution < 1.29 is 20.4 Å². The summed E-state index contributed by atoms with van der Waals surface area (Å²) in [7, 11) is 0. The molecule has 1 heterocycles. The van der Waals surface area contributed by atoms with E-state index in [1.807, 2.05) is 4.90 Å². The van der Waals surface area contributed by atoms with Crippen LogP contribution in [0.25, 0.3) is 0 Å². The average molecular weight is 324 g/mol. The van der Waals surface area contributed by atoms with E-state index >= 15 is 0 Å². The molecule has 6 heteroatoms. The molecule has 4 unspecified atom stereocenters. The summed E-state index contributed by atoms with van der Waals surface area (Å²) < 4.78 is 0. The Morgan fingerprint density at radius 1 is 0.952 bits per heavy atom. The third-order valence-electron chi connectivity index (χ3n) is 5.00. The van der Waals surface area contributed by atoms with Gasteiger partial charge in [-0.15, -0.1) is 12.4 Å². The van der Waals surface area contributed by atoms with Gasteiger partial charge in [-0.1, -0.05) is 32.1 Å². The quantitative estimate of drug-likeness (QED) is 0.593. The summed E-state index contributed by atoms with van der Waals surface area (Å²) in [5, 5.41) is 38.7. The fraction of sp³-hybridized carbons (Fsp3) is 1.00. The van der Waals surface area contributed by atoms with E-state index in [0.717, 1.165) is 18.9 Å². The Bertz CT molecular complexity index is 289. The largest absolute Gasteiger partial charge is 0.395 e. The van der Waals surface area contributed by atoms with Crippen molar-refractivity contribution in [1.29, 1.82) is 0 Å². The molecular weight excluding hydrogens is 294 g/mol. The van der Waals surface area contributed by atoms with E-state index in [4.69, 9.17) is 0 Å². The third-order valence-corrected chi connectivity index (χ3v) is 5.00. The maximum absolute atomic E-state index is 9.91. The van der Waals surface area contributed by atoms with Crippen LogP contribution in [0.5, 0.6) is 0 Å². The van der Waals surface area contributed by atoms with Gasteiger partial charge < -0.3 is 20.4 Å². The van der Waals surface area contributed by atoms with Crippen LogP contribution < -0.4 is 0 Å². The van der Waals surface area contributed by atoms with Crippen molar-refractivity contribution >= 4 is 12.4 Å². The maximum atomic E-state index is 9.91. The van der Waals surface area contributed by atoms with Crippen LogP contribution >= 0.6 is 12.4 Å². The van der Waals surface area contributed by atoms with Crippen molar-refractivity contribution in [2.75, 3.05) is 19.7 Å². The van der Waals surface area contributed by atoms with Crippen molar-refractivity contribution in [3.8, 4) is 0 Å². The van der Waals surface area contributed by atoms with E-state index < -0.39 is 24.4 Å². The van der Waals surface area contributed by atoms with Gasteiger partial charge in [0, 0.05) is 6.54 Å². The molecule has 2 fully saturated rings. The van der Waals surface area contributed by atoms with Crippen LogP contribution in [0.3, 0.4) is 0 Å². The summed E-state index contributed by atoms with van der Waals surface area (Å²) >= 11 is 0. The van der Waals surface area contributed by atoms with Gasteiger partial charge in [0.2, 0.25) is 0 Å². The summed E-state index contributed by atoms with van der Waals surface area (Å²) in [6.07, 6.45) is 5.77. The lowest BCUT2D eigenvalue weighted by atomic mass is 9.86. The Morgan fingerprint density at radius 2 is 1.62 bits per heavy atom. The highest BCUT2D eigenvalue weighted by atomic mass is 35.5. The lowest BCUT2D eigenvalue weighted by Gasteiger charge is -2.43. The number of likely N-dealkylation sites (tertiary alicyclic amines) is 1. The zero-order chi connectivity index (χ0) is 14.5. The summed E-state index contributed by atoms with van der Waals surface area (Å²) in [6.45, 7) is 0.908. The minimum absolute atomic E-state index is 0. The van der Waals surface area contributed by atoms with E-state index in [0.29, 0.717) is 6.54 Å². The van der Waals surface area contributed by atoms with E-state index in [2.05, 4.69) is 0 Å². The van der Waals surface area contributed by atoms with Gasteiger partial charge in [0.25, 0.3) is 0 Å². The van der Waals surface area contributed by atoms with Gasteiger partial charge in [0.05, 0.1) is 18.8 Å². The molecule has 4 atom stereocenters. The van der Waals surface area contributed by atoms with Crippen LogP contribution in [-0.2, 0) is 0 Å². The molecule has 4 N–H and O–H groups in total. The highest BCUT2D eigenvalue weighted by molar-refractivity contribution is 5.85. The Morgan fingerprint density at radius 3 is 2.24 bits per heavy atom. The highest BCUT2D eigenvalue weighted by Gasteiger charge is 2.40. The van der Waals surface area contributed by atoms with Gasteiger partial charge in [-0.2, -0.15) is 0 Å². The van der Waals surface area contributed by atoms with Crippen LogP contribution in [0.2, 0.25) is 0 Å². The Hall–Kier alpha value is 0.0900. The fourth-order valence-electron chi connectivity index (χ4n) is 3.69. The monoisotopic (exact) mass is 323 g/mol. The molecule has 2 aliphatic rings. The van der Waals surface area contributed by atoms with Gasteiger partial charge >= 0.3 is 0 Å². The van der Waals surface area contributed by atoms with Crippen LogP contribution in [0.15, 0.2) is 0 Å². The molecule has 1 aliphatic heterocycles. The van der Waals surface area contributed by atoms with Crippen LogP contribution in [0.4, 0.5) is 0 Å². The van der Waals surface area contributed by atoms with Crippen molar-refractivity contribution in [2.45, 2.75) is 69.3 Å². The van der Waals surface area contributed by atoms with Gasteiger partial charge in [0.15, 0.2) is 0 Å². The van der Waals surface area contributed by atoms with Gasteiger partial charge in [-0.05, 0) is 25.3 Å².